The molecule has 1 aromatic carbocycles. The highest BCUT2D eigenvalue weighted by molar-refractivity contribution is 5.88. The smallest absolute Gasteiger partial charge is 0.329 e. The Morgan fingerprint density at radius 2 is 1.72 bits per heavy atom. The van der Waals surface area contributed by atoms with Crippen LogP contribution in [-0.2, 0) is 23.9 Å². The Kier molecular flexibility index (Phi) is 9.20. The fraction of sp³-hybridized carbons (Fsp3) is 0.526. The van der Waals surface area contributed by atoms with Gasteiger partial charge in [-0.1, -0.05) is 26.0 Å². The highest BCUT2D eigenvalue weighted by Gasteiger charge is 2.35. The van der Waals surface area contributed by atoms with Crippen molar-refractivity contribution in [3.05, 3.63) is 39.9 Å². The van der Waals surface area contributed by atoms with Crippen LogP contribution in [0.4, 0.5) is 5.69 Å². The van der Waals surface area contributed by atoms with Crippen molar-refractivity contribution in [2.45, 2.75) is 44.8 Å². The highest BCUT2D eigenvalue weighted by atomic mass is 16.6. The lowest BCUT2D eigenvalue weighted by molar-refractivity contribution is -0.384. The van der Waals surface area contributed by atoms with Crippen LogP contribution in [0.3, 0.4) is 0 Å². The molecular formula is C19H26N2O8. The van der Waals surface area contributed by atoms with Gasteiger partial charge in [-0.25, -0.2) is 4.79 Å². The van der Waals surface area contributed by atoms with Gasteiger partial charge in [0.15, 0.2) is 0 Å². The monoisotopic (exact) mass is 410 g/mol. The molecule has 29 heavy (non-hydrogen) atoms. The van der Waals surface area contributed by atoms with Crippen LogP contribution < -0.4 is 5.32 Å². The molecule has 0 aliphatic carbocycles. The van der Waals surface area contributed by atoms with Crippen molar-refractivity contribution in [2.24, 2.45) is 5.92 Å². The van der Waals surface area contributed by atoms with E-state index >= 15 is 0 Å². The number of rotatable bonds is 10. The summed E-state index contributed by atoms with van der Waals surface area (Å²) in [5.41, 5.74) is 0.214. The molecule has 0 bridgehead atoms. The van der Waals surface area contributed by atoms with E-state index in [0.717, 1.165) is 7.11 Å². The molecule has 1 rings (SSSR count). The van der Waals surface area contributed by atoms with E-state index < -0.39 is 40.8 Å². The summed E-state index contributed by atoms with van der Waals surface area (Å²) in [6.07, 6.45) is -1.47. The molecule has 0 aromatic heterocycles. The first-order valence-corrected chi connectivity index (χ1v) is 8.98. The lowest BCUT2D eigenvalue weighted by Gasteiger charge is -2.27. The van der Waals surface area contributed by atoms with Gasteiger partial charge in [0.25, 0.3) is 5.69 Å². The third kappa shape index (κ3) is 7.15. The van der Waals surface area contributed by atoms with Crippen LogP contribution in [-0.4, -0.2) is 54.2 Å². The number of carbonyl (C=O) groups is 3. The van der Waals surface area contributed by atoms with Crippen LogP contribution in [0.1, 0.15) is 38.2 Å². The Bertz CT molecular complexity index is 732. The van der Waals surface area contributed by atoms with Gasteiger partial charge in [-0.2, -0.15) is 0 Å². The minimum atomic E-state index is -1.35. The summed E-state index contributed by atoms with van der Waals surface area (Å²) in [7, 11) is 2.30. The molecule has 10 nitrogen and oxygen atoms in total. The molecule has 2 N–H and O–H groups in total. The van der Waals surface area contributed by atoms with Gasteiger partial charge in [-0.05, 0) is 17.9 Å². The maximum absolute atomic E-state index is 12.4. The summed E-state index contributed by atoms with van der Waals surface area (Å²) in [5, 5.41) is 23.3. The number of nitrogens with zero attached hydrogens (tertiary/aromatic N) is 1. The number of benzene rings is 1. The molecule has 0 spiro atoms. The molecule has 160 valence electrons. The topological polar surface area (TPSA) is 145 Å². The minimum absolute atomic E-state index is 0.0351. The quantitative estimate of drug-likeness (QED) is 0.334. The predicted molar refractivity (Wildman–Crippen MR) is 102 cm³/mol. The number of methoxy groups -OCH3 is 2. The zero-order valence-electron chi connectivity index (χ0n) is 16.8. The summed E-state index contributed by atoms with van der Waals surface area (Å²) in [4.78, 5) is 46.9. The fourth-order valence-electron chi connectivity index (χ4n) is 2.79. The summed E-state index contributed by atoms with van der Waals surface area (Å²) >= 11 is 0. The molecule has 0 aliphatic heterocycles. The van der Waals surface area contributed by atoms with E-state index in [1.165, 1.54) is 31.4 Å². The molecule has 1 amide bonds. The van der Waals surface area contributed by atoms with Gasteiger partial charge in [0.2, 0.25) is 5.91 Å². The number of hydrogen-bond donors (Lipinski definition) is 2. The Hall–Kier alpha value is -3.01. The van der Waals surface area contributed by atoms with Gasteiger partial charge in [0.1, 0.15) is 12.1 Å². The number of nitro benzene ring substituents is 1. The van der Waals surface area contributed by atoms with E-state index in [2.05, 4.69) is 10.1 Å². The van der Waals surface area contributed by atoms with Gasteiger partial charge < -0.3 is 19.9 Å². The molecule has 0 saturated carbocycles. The summed E-state index contributed by atoms with van der Waals surface area (Å²) in [6.45, 7) is 3.65. The Morgan fingerprint density at radius 3 is 2.17 bits per heavy atom. The molecule has 0 heterocycles. The third-order valence-electron chi connectivity index (χ3n) is 4.30. The molecule has 0 fully saturated rings. The van der Waals surface area contributed by atoms with Crippen LogP contribution in [0.25, 0.3) is 0 Å². The Morgan fingerprint density at radius 1 is 1.14 bits per heavy atom. The van der Waals surface area contributed by atoms with E-state index in [1.807, 2.05) is 13.8 Å². The SMILES string of the molecule is COC(=O)C[C@@H](c1ccc([N+](=O)[O-])cc1)[C@H](NC(=O)[C@@H](O)CC(C)C)C(=O)OC. The van der Waals surface area contributed by atoms with Crippen LogP contribution in [0.2, 0.25) is 0 Å². The number of ether oxygens (including phenoxy) is 2. The van der Waals surface area contributed by atoms with Gasteiger partial charge in [-0.3, -0.25) is 19.7 Å². The maximum atomic E-state index is 12.4. The van der Waals surface area contributed by atoms with Gasteiger partial charge >= 0.3 is 11.9 Å². The molecule has 0 radical (unpaired) electrons. The van der Waals surface area contributed by atoms with E-state index in [4.69, 9.17) is 4.74 Å². The molecule has 3 atom stereocenters. The number of non-ortho nitro benzene ring substituents is 1. The Balaban J connectivity index is 3.25. The Labute approximate surface area is 168 Å². The van der Waals surface area contributed by atoms with Crippen LogP contribution in [0, 0.1) is 16.0 Å². The highest BCUT2D eigenvalue weighted by Crippen LogP contribution is 2.27. The second-order valence-corrected chi connectivity index (χ2v) is 6.89. The number of nitrogens with one attached hydrogen (secondary N) is 1. The van der Waals surface area contributed by atoms with E-state index in [-0.39, 0.29) is 24.4 Å². The van der Waals surface area contributed by atoms with Crippen molar-refractivity contribution in [1.82, 2.24) is 5.32 Å². The second kappa shape index (κ2) is 11.1. The number of aliphatic hydroxyl groups excluding tert-OH is 1. The summed E-state index contributed by atoms with van der Waals surface area (Å²) < 4.78 is 9.43. The normalized spacial score (nSPS) is 13.9. The van der Waals surface area contributed by atoms with Crippen LogP contribution >= 0.6 is 0 Å². The van der Waals surface area contributed by atoms with E-state index in [0.29, 0.717) is 5.56 Å². The molecule has 0 saturated heterocycles. The maximum Gasteiger partial charge on any atom is 0.329 e. The summed E-state index contributed by atoms with van der Waals surface area (Å²) in [6, 6.07) is 3.92. The average Bonchev–Trinajstić information content (AvgIpc) is 2.69. The molecule has 0 unspecified atom stereocenters. The molecule has 1 aromatic rings. The minimum Gasteiger partial charge on any atom is -0.469 e. The van der Waals surface area contributed by atoms with Crippen molar-refractivity contribution >= 4 is 23.5 Å². The first-order chi connectivity index (χ1) is 13.6. The standard InChI is InChI=1S/C19H26N2O8/c1-11(2)9-15(22)18(24)20-17(19(25)29-4)14(10-16(23)28-3)12-5-7-13(8-6-12)21(26)27/h5-8,11,14-15,17,22H,9-10H2,1-4H3,(H,20,24)/t14-,15-,17-/m0/s1. The van der Waals surface area contributed by atoms with Crippen LogP contribution in [0.5, 0.6) is 0 Å². The second-order valence-electron chi connectivity index (χ2n) is 6.89. The summed E-state index contributed by atoms with van der Waals surface area (Å²) in [5.74, 6) is -3.16. The molecule has 0 aliphatic rings. The number of aliphatic hydroxyl groups is 1. The van der Waals surface area contributed by atoms with Crippen molar-refractivity contribution in [3.63, 3.8) is 0 Å². The van der Waals surface area contributed by atoms with E-state index in [1.54, 1.807) is 0 Å². The fourth-order valence-corrected chi connectivity index (χ4v) is 2.79. The number of nitro groups is 1. The van der Waals surface area contributed by atoms with Crippen molar-refractivity contribution in [2.75, 3.05) is 14.2 Å². The zero-order valence-corrected chi connectivity index (χ0v) is 16.8. The van der Waals surface area contributed by atoms with Crippen molar-refractivity contribution < 1.29 is 33.9 Å². The van der Waals surface area contributed by atoms with Crippen molar-refractivity contribution in [3.8, 4) is 0 Å². The van der Waals surface area contributed by atoms with Crippen LogP contribution in [0.15, 0.2) is 24.3 Å². The number of carbonyl (C=O) groups excluding carboxylic acids is 3. The third-order valence-corrected chi connectivity index (χ3v) is 4.30. The number of hydrogen-bond acceptors (Lipinski definition) is 8. The first-order valence-electron chi connectivity index (χ1n) is 8.98. The van der Waals surface area contributed by atoms with Gasteiger partial charge in [-0.15, -0.1) is 0 Å². The van der Waals surface area contributed by atoms with E-state index in [9.17, 15) is 29.6 Å². The predicted octanol–water partition coefficient (Wildman–Crippen LogP) is 1.31. The lowest BCUT2D eigenvalue weighted by atomic mass is 9.88. The van der Waals surface area contributed by atoms with Crippen molar-refractivity contribution in [1.29, 1.82) is 0 Å². The number of esters is 2. The zero-order chi connectivity index (χ0) is 22.1. The van der Waals surface area contributed by atoms with Gasteiger partial charge in [0, 0.05) is 18.1 Å². The lowest BCUT2D eigenvalue weighted by Crippen LogP contribution is -2.49. The average molecular weight is 410 g/mol. The number of amides is 1. The molecule has 10 heteroatoms. The van der Waals surface area contributed by atoms with Gasteiger partial charge in [0.05, 0.1) is 25.6 Å². The molecular weight excluding hydrogens is 384 g/mol. The first kappa shape index (κ1) is 24.0. The largest absolute Gasteiger partial charge is 0.469 e.